The summed E-state index contributed by atoms with van der Waals surface area (Å²) in [6, 6.07) is 0. The first-order valence-electron chi connectivity index (χ1n) is 9.17. The van der Waals surface area contributed by atoms with Gasteiger partial charge in [0.1, 0.15) is 0 Å². The Hall–Kier alpha value is -1.32. The van der Waals surface area contributed by atoms with Gasteiger partial charge in [-0.15, -0.1) is 0 Å². The van der Waals surface area contributed by atoms with Crippen LogP contribution in [0.2, 0.25) is 0 Å². The van der Waals surface area contributed by atoms with Crippen molar-refractivity contribution in [1.29, 1.82) is 0 Å². The van der Waals surface area contributed by atoms with Crippen molar-refractivity contribution in [2.24, 2.45) is 5.92 Å². The van der Waals surface area contributed by atoms with Crippen LogP contribution in [0, 0.1) is 5.92 Å². The number of carbonyl (C=O) groups excluding carboxylic acids is 2. The summed E-state index contributed by atoms with van der Waals surface area (Å²) in [6.45, 7) is 6.21. The molecular formula is C19H34O4. The fourth-order valence-corrected chi connectivity index (χ4v) is 2.35. The van der Waals surface area contributed by atoms with Gasteiger partial charge in [0.05, 0.1) is 13.2 Å². The molecule has 0 heterocycles. The highest BCUT2D eigenvalue weighted by Gasteiger charge is 2.26. The van der Waals surface area contributed by atoms with Gasteiger partial charge in [0.15, 0.2) is 5.92 Å². The molecule has 0 bridgehead atoms. The highest BCUT2D eigenvalue weighted by Crippen LogP contribution is 2.11. The molecule has 0 aromatic carbocycles. The van der Waals surface area contributed by atoms with E-state index in [-0.39, 0.29) is 13.2 Å². The van der Waals surface area contributed by atoms with Crippen molar-refractivity contribution in [3.8, 4) is 0 Å². The summed E-state index contributed by atoms with van der Waals surface area (Å²) in [6.07, 6.45) is 14.5. The van der Waals surface area contributed by atoms with Crippen LogP contribution in [0.15, 0.2) is 12.2 Å². The average molecular weight is 326 g/mol. The Morgan fingerprint density at radius 2 is 1.26 bits per heavy atom. The lowest BCUT2D eigenvalue weighted by molar-refractivity contribution is -0.158. The van der Waals surface area contributed by atoms with E-state index in [1.807, 2.05) is 6.08 Å². The zero-order valence-corrected chi connectivity index (χ0v) is 15.1. The van der Waals surface area contributed by atoms with Gasteiger partial charge in [0, 0.05) is 0 Å². The molecule has 0 aromatic heterocycles. The third-order valence-electron chi connectivity index (χ3n) is 3.63. The van der Waals surface area contributed by atoms with Crippen LogP contribution in [0.5, 0.6) is 0 Å². The first-order chi connectivity index (χ1) is 11.2. The van der Waals surface area contributed by atoms with Crippen LogP contribution in [-0.4, -0.2) is 25.2 Å². The summed E-state index contributed by atoms with van der Waals surface area (Å²) in [5.41, 5.74) is 0. The Balaban J connectivity index is 3.96. The molecule has 4 nitrogen and oxygen atoms in total. The van der Waals surface area contributed by atoms with Crippen LogP contribution in [0.25, 0.3) is 0 Å². The molecule has 23 heavy (non-hydrogen) atoms. The van der Waals surface area contributed by atoms with Crippen molar-refractivity contribution in [3.63, 3.8) is 0 Å². The van der Waals surface area contributed by atoms with Crippen molar-refractivity contribution in [3.05, 3.63) is 12.2 Å². The number of carbonyl (C=O) groups is 2. The molecule has 0 unspecified atom stereocenters. The number of hydrogen-bond acceptors (Lipinski definition) is 4. The zero-order valence-electron chi connectivity index (χ0n) is 15.1. The Morgan fingerprint density at radius 1 is 0.783 bits per heavy atom. The average Bonchev–Trinajstić information content (AvgIpc) is 2.53. The van der Waals surface area contributed by atoms with Crippen molar-refractivity contribution in [2.45, 2.75) is 78.6 Å². The molecule has 0 aromatic rings. The maximum absolute atomic E-state index is 11.8. The van der Waals surface area contributed by atoms with Crippen molar-refractivity contribution < 1.29 is 19.1 Å². The van der Waals surface area contributed by atoms with Crippen LogP contribution in [0.3, 0.4) is 0 Å². The highest BCUT2D eigenvalue weighted by atomic mass is 16.6. The third-order valence-corrected chi connectivity index (χ3v) is 3.63. The maximum atomic E-state index is 11.8. The summed E-state index contributed by atoms with van der Waals surface area (Å²) in [4.78, 5) is 23.6. The predicted octanol–water partition coefficient (Wildman–Crippen LogP) is 4.82. The molecule has 0 spiro atoms. The summed E-state index contributed by atoms with van der Waals surface area (Å²) >= 11 is 0. The second-order valence-corrected chi connectivity index (χ2v) is 5.67. The summed E-state index contributed by atoms with van der Waals surface area (Å²) < 4.78 is 9.85. The Morgan fingerprint density at radius 3 is 1.74 bits per heavy atom. The fourth-order valence-electron chi connectivity index (χ4n) is 2.35. The first kappa shape index (κ1) is 21.7. The van der Waals surface area contributed by atoms with E-state index in [4.69, 9.17) is 9.47 Å². The van der Waals surface area contributed by atoms with E-state index in [2.05, 4.69) is 6.92 Å². The molecule has 0 atom stereocenters. The molecule has 0 saturated heterocycles. The molecule has 0 aliphatic heterocycles. The van der Waals surface area contributed by atoms with Gasteiger partial charge in [-0.25, -0.2) is 0 Å². The van der Waals surface area contributed by atoms with Crippen molar-refractivity contribution in [2.75, 3.05) is 13.2 Å². The number of unbranched alkanes of at least 4 members (excludes halogenated alkanes) is 8. The number of rotatable bonds is 14. The van der Waals surface area contributed by atoms with E-state index in [1.165, 1.54) is 44.9 Å². The third kappa shape index (κ3) is 11.8. The zero-order chi connectivity index (χ0) is 17.3. The van der Waals surface area contributed by atoms with Gasteiger partial charge in [-0.1, -0.05) is 64.0 Å². The minimum atomic E-state index is -0.927. The highest BCUT2D eigenvalue weighted by molar-refractivity contribution is 5.96. The molecular weight excluding hydrogens is 292 g/mol. The lowest BCUT2D eigenvalue weighted by Gasteiger charge is -2.10. The maximum Gasteiger partial charge on any atom is 0.324 e. The van der Waals surface area contributed by atoms with Crippen molar-refractivity contribution in [1.82, 2.24) is 0 Å². The van der Waals surface area contributed by atoms with Crippen LogP contribution >= 0.6 is 0 Å². The largest absolute Gasteiger partial charge is 0.465 e. The van der Waals surface area contributed by atoms with E-state index in [0.717, 1.165) is 12.8 Å². The number of allylic oxidation sites excluding steroid dienone is 1. The number of hydrogen-bond donors (Lipinski definition) is 0. The normalized spacial score (nSPS) is 11.1. The molecule has 0 saturated carbocycles. The Bertz CT molecular complexity index is 318. The Labute approximate surface area is 141 Å². The quantitative estimate of drug-likeness (QED) is 0.199. The molecule has 0 rings (SSSR count). The smallest absolute Gasteiger partial charge is 0.324 e. The minimum Gasteiger partial charge on any atom is -0.465 e. The fraction of sp³-hybridized carbons (Fsp3) is 0.789. The molecule has 0 amide bonds. The Kier molecular flexibility index (Phi) is 14.7. The molecule has 0 aliphatic rings. The van der Waals surface area contributed by atoms with E-state index >= 15 is 0 Å². The van der Waals surface area contributed by atoms with Crippen LogP contribution in [-0.2, 0) is 19.1 Å². The lowest BCUT2D eigenvalue weighted by Crippen LogP contribution is -2.26. The van der Waals surface area contributed by atoms with Gasteiger partial charge in [-0.2, -0.15) is 0 Å². The second-order valence-electron chi connectivity index (χ2n) is 5.67. The van der Waals surface area contributed by atoms with Crippen LogP contribution < -0.4 is 0 Å². The number of ether oxygens (including phenoxy) is 2. The van der Waals surface area contributed by atoms with E-state index in [9.17, 15) is 9.59 Å². The second kappa shape index (κ2) is 15.6. The topological polar surface area (TPSA) is 52.6 Å². The SMILES string of the molecule is CCCCCCCCCC/C=C/C(C(=O)OCC)C(=O)OCC. The standard InChI is InChI=1S/C19H34O4/c1-4-7-8-9-10-11-12-13-14-15-16-17(18(20)22-5-2)19(21)23-6-3/h15-17H,4-14H2,1-3H3/b16-15+. The lowest BCUT2D eigenvalue weighted by atomic mass is 10.1. The van der Waals surface area contributed by atoms with Gasteiger partial charge in [-0.3, -0.25) is 9.59 Å². The molecule has 4 heteroatoms. The predicted molar refractivity (Wildman–Crippen MR) is 93.1 cm³/mol. The van der Waals surface area contributed by atoms with Gasteiger partial charge >= 0.3 is 11.9 Å². The van der Waals surface area contributed by atoms with Gasteiger partial charge in [0.25, 0.3) is 0 Å². The summed E-state index contributed by atoms with van der Waals surface area (Å²) in [5, 5.41) is 0. The summed E-state index contributed by atoms with van der Waals surface area (Å²) in [5.74, 6) is -1.99. The minimum absolute atomic E-state index is 0.264. The molecule has 0 fully saturated rings. The monoisotopic (exact) mass is 326 g/mol. The van der Waals surface area contributed by atoms with Gasteiger partial charge in [0.2, 0.25) is 0 Å². The van der Waals surface area contributed by atoms with Gasteiger partial charge in [-0.05, 0) is 26.7 Å². The van der Waals surface area contributed by atoms with E-state index < -0.39 is 17.9 Å². The van der Waals surface area contributed by atoms with Crippen LogP contribution in [0.4, 0.5) is 0 Å². The van der Waals surface area contributed by atoms with E-state index in [1.54, 1.807) is 19.9 Å². The van der Waals surface area contributed by atoms with Crippen LogP contribution in [0.1, 0.15) is 78.6 Å². The summed E-state index contributed by atoms with van der Waals surface area (Å²) in [7, 11) is 0. The molecule has 0 aliphatic carbocycles. The van der Waals surface area contributed by atoms with Crippen molar-refractivity contribution >= 4 is 11.9 Å². The first-order valence-corrected chi connectivity index (χ1v) is 9.17. The van der Waals surface area contributed by atoms with Gasteiger partial charge < -0.3 is 9.47 Å². The molecule has 0 radical (unpaired) electrons. The number of esters is 2. The molecule has 134 valence electrons. The van der Waals surface area contributed by atoms with E-state index in [0.29, 0.717) is 0 Å². The molecule has 0 N–H and O–H groups in total.